The number of hydrogen-bond donors (Lipinski definition) is 2. The van der Waals surface area contributed by atoms with Crippen LogP contribution in [0.2, 0.25) is 5.02 Å². The number of nitrogens with two attached hydrogens (primary N) is 1. The first-order chi connectivity index (χ1) is 8.15. The van der Waals surface area contributed by atoms with Gasteiger partial charge in [0, 0.05) is 12.2 Å². The van der Waals surface area contributed by atoms with E-state index in [0.29, 0.717) is 10.7 Å². The zero-order valence-electron chi connectivity index (χ0n) is 10.4. The molecule has 0 bridgehead atoms. The molecule has 3 heteroatoms. The second-order valence-corrected chi connectivity index (χ2v) is 5.67. The second kappa shape index (κ2) is 5.63. The first kappa shape index (κ1) is 12.6. The minimum Gasteiger partial charge on any atom is -0.399 e. The summed E-state index contributed by atoms with van der Waals surface area (Å²) in [4.78, 5) is 0. The predicted molar refractivity (Wildman–Crippen MR) is 75.5 cm³/mol. The molecule has 17 heavy (non-hydrogen) atoms. The van der Waals surface area contributed by atoms with E-state index < -0.39 is 0 Å². The number of nitrogens with one attached hydrogen (secondary N) is 1. The van der Waals surface area contributed by atoms with Crippen LogP contribution in [0.1, 0.15) is 32.6 Å². The van der Waals surface area contributed by atoms with Crippen LogP contribution in [0.3, 0.4) is 0 Å². The molecule has 1 aliphatic rings. The largest absolute Gasteiger partial charge is 0.399 e. The fourth-order valence-corrected chi connectivity index (χ4v) is 2.93. The van der Waals surface area contributed by atoms with E-state index in [4.69, 9.17) is 17.3 Å². The van der Waals surface area contributed by atoms with Gasteiger partial charge in [0.05, 0.1) is 10.7 Å². The average Bonchev–Trinajstić information content (AvgIpc) is 2.28. The van der Waals surface area contributed by atoms with E-state index in [1.807, 2.05) is 12.1 Å². The van der Waals surface area contributed by atoms with E-state index in [1.165, 1.54) is 25.7 Å². The fourth-order valence-electron chi connectivity index (χ4n) is 2.67. The monoisotopic (exact) mass is 252 g/mol. The molecule has 1 aromatic carbocycles. The maximum atomic E-state index is 6.13. The molecule has 1 aliphatic carbocycles. The zero-order chi connectivity index (χ0) is 12.3. The van der Waals surface area contributed by atoms with Gasteiger partial charge < -0.3 is 11.1 Å². The third kappa shape index (κ3) is 3.53. The van der Waals surface area contributed by atoms with Crippen LogP contribution < -0.4 is 11.1 Å². The Kier molecular flexibility index (Phi) is 4.16. The Labute approximate surface area is 109 Å². The molecule has 3 N–H and O–H groups in total. The first-order valence-corrected chi connectivity index (χ1v) is 6.82. The third-order valence-corrected chi connectivity index (χ3v) is 3.93. The summed E-state index contributed by atoms with van der Waals surface area (Å²) in [7, 11) is 0. The van der Waals surface area contributed by atoms with E-state index >= 15 is 0 Å². The highest BCUT2D eigenvalue weighted by Crippen LogP contribution is 2.30. The third-order valence-electron chi connectivity index (χ3n) is 3.62. The molecule has 0 aliphatic heterocycles. The summed E-state index contributed by atoms with van der Waals surface area (Å²) in [5, 5.41) is 4.16. The quantitative estimate of drug-likeness (QED) is 0.793. The predicted octanol–water partition coefficient (Wildman–Crippen LogP) is 4.16. The lowest BCUT2D eigenvalue weighted by Crippen LogP contribution is -2.21. The van der Waals surface area contributed by atoms with E-state index in [0.717, 1.165) is 24.1 Å². The lowest BCUT2D eigenvalue weighted by molar-refractivity contribution is 0.293. The first-order valence-electron chi connectivity index (χ1n) is 6.44. The van der Waals surface area contributed by atoms with Crippen molar-refractivity contribution in [2.45, 2.75) is 32.6 Å². The van der Waals surface area contributed by atoms with Gasteiger partial charge in [-0.05, 0) is 42.9 Å². The molecule has 2 atom stereocenters. The van der Waals surface area contributed by atoms with Crippen LogP contribution in [0.15, 0.2) is 18.2 Å². The summed E-state index contributed by atoms with van der Waals surface area (Å²) in [5.74, 6) is 1.66. The Morgan fingerprint density at radius 3 is 2.94 bits per heavy atom. The topological polar surface area (TPSA) is 38.0 Å². The molecule has 0 saturated heterocycles. The Morgan fingerprint density at radius 1 is 1.41 bits per heavy atom. The molecular weight excluding hydrogens is 232 g/mol. The second-order valence-electron chi connectivity index (χ2n) is 5.26. The molecule has 2 rings (SSSR count). The number of benzene rings is 1. The molecule has 0 heterocycles. The molecule has 2 unspecified atom stereocenters. The van der Waals surface area contributed by atoms with Gasteiger partial charge in [0.1, 0.15) is 0 Å². The fraction of sp³-hybridized carbons (Fsp3) is 0.571. The number of rotatable bonds is 3. The van der Waals surface area contributed by atoms with Crippen molar-refractivity contribution in [1.82, 2.24) is 0 Å². The minimum atomic E-state index is 0.715. The van der Waals surface area contributed by atoms with Gasteiger partial charge in [-0.2, -0.15) is 0 Å². The van der Waals surface area contributed by atoms with Crippen LogP contribution >= 0.6 is 11.6 Å². The Morgan fingerprint density at radius 2 is 2.24 bits per heavy atom. The maximum Gasteiger partial charge on any atom is 0.0657 e. The molecule has 1 fully saturated rings. The number of hydrogen-bond acceptors (Lipinski definition) is 2. The molecule has 0 amide bonds. The van der Waals surface area contributed by atoms with Crippen LogP contribution in [-0.2, 0) is 0 Å². The summed E-state index contributed by atoms with van der Waals surface area (Å²) in [5.41, 5.74) is 7.39. The van der Waals surface area contributed by atoms with Gasteiger partial charge in [-0.3, -0.25) is 0 Å². The van der Waals surface area contributed by atoms with Gasteiger partial charge in [-0.15, -0.1) is 0 Å². The van der Waals surface area contributed by atoms with Gasteiger partial charge in [0.15, 0.2) is 0 Å². The molecule has 94 valence electrons. The van der Waals surface area contributed by atoms with Crippen LogP contribution in [0.25, 0.3) is 0 Å². The molecule has 0 aromatic heterocycles. The van der Waals surface area contributed by atoms with E-state index in [-0.39, 0.29) is 0 Å². The van der Waals surface area contributed by atoms with Gasteiger partial charge in [0.2, 0.25) is 0 Å². The van der Waals surface area contributed by atoms with Crippen LogP contribution in [-0.4, -0.2) is 6.54 Å². The number of anilines is 2. The lowest BCUT2D eigenvalue weighted by atomic mass is 9.82. The number of halogens is 1. The summed E-state index contributed by atoms with van der Waals surface area (Å²) in [6.45, 7) is 3.37. The van der Waals surface area contributed by atoms with Gasteiger partial charge in [0.25, 0.3) is 0 Å². The highest BCUT2D eigenvalue weighted by molar-refractivity contribution is 6.33. The normalized spacial score (nSPS) is 24.6. The zero-order valence-corrected chi connectivity index (χ0v) is 11.1. The van der Waals surface area contributed by atoms with Crippen LogP contribution in [0, 0.1) is 11.8 Å². The van der Waals surface area contributed by atoms with Crippen molar-refractivity contribution in [2.75, 3.05) is 17.6 Å². The maximum absolute atomic E-state index is 6.13. The van der Waals surface area contributed by atoms with Crippen molar-refractivity contribution in [3.05, 3.63) is 23.2 Å². The van der Waals surface area contributed by atoms with E-state index in [9.17, 15) is 0 Å². The van der Waals surface area contributed by atoms with Crippen LogP contribution in [0.5, 0.6) is 0 Å². The van der Waals surface area contributed by atoms with Crippen molar-refractivity contribution >= 4 is 23.0 Å². The summed E-state index contributed by atoms with van der Waals surface area (Å²) in [6, 6.07) is 5.65. The molecule has 0 radical (unpaired) electrons. The summed E-state index contributed by atoms with van der Waals surface area (Å²) < 4.78 is 0. The van der Waals surface area contributed by atoms with Crippen LogP contribution in [0.4, 0.5) is 11.4 Å². The Bertz CT molecular complexity index is 378. The number of nitrogen functional groups attached to an aromatic ring is 1. The van der Waals surface area contributed by atoms with E-state index in [2.05, 4.69) is 12.2 Å². The molecule has 0 spiro atoms. The lowest BCUT2D eigenvalue weighted by Gasteiger charge is -2.27. The smallest absolute Gasteiger partial charge is 0.0657 e. The van der Waals surface area contributed by atoms with Crippen molar-refractivity contribution in [3.63, 3.8) is 0 Å². The standard InChI is InChI=1S/C14H21ClN2/c1-10-3-2-4-11(7-10)9-17-14-6-5-12(16)8-13(14)15/h5-6,8,10-11,17H,2-4,7,9,16H2,1H3. The minimum absolute atomic E-state index is 0.715. The summed E-state index contributed by atoms with van der Waals surface area (Å²) in [6.07, 6.45) is 5.42. The summed E-state index contributed by atoms with van der Waals surface area (Å²) >= 11 is 6.13. The highest BCUT2D eigenvalue weighted by Gasteiger charge is 2.18. The average molecular weight is 253 g/mol. The van der Waals surface area contributed by atoms with Gasteiger partial charge in [-0.25, -0.2) is 0 Å². The molecular formula is C14H21ClN2. The van der Waals surface area contributed by atoms with Crippen molar-refractivity contribution < 1.29 is 0 Å². The van der Waals surface area contributed by atoms with Crippen molar-refractivity contribution in [1.29, 1.82) is 0 Å². The Balaban J connectivity index is 1.88. The Hall–Kier alpha value is -0.890. The molecule has 1 aromatic rings. The van der Waals surface area contributed by atoms with Gasteiger partial charge in [-0.1, -0.05) is 31.4 Å². The highest BCUT2D eigenvalue weighted by atomic mass is 35.5. The molecule has 1 saturated carbocycles. The van der Waals surface area contributed by atoms with Crippen molar-refractivity contribution in [3.8, 4) is 0 Å². The SMILES string of the molecule is CC1CCCC(CNc2ccc(N)cc2Cl)C1. The molecule has 2 nitrogen and oxygen atoms in total. The van der Waals surface area contributed by atoms with Gasteiger partial charge >= 0.3 is 0 Å². The van der Waals surface area contributed by atoms with Crippen molar-refractivity contribution in [2.24, 2.45) is 11.8 Å². The van der Waals surface area contributed by atoms with E-state index in [1.54, 1.807) is 6.07 Å².